The fourth-order valence-corrected chi connectivity index (χ4v) is 1.83. The Bertz CT molecular complexity index is 445. The number of ether oxygens (including phenoxy) is 1. The van der Waals surface area contributed by atoms with Crippen LogP contribution in [0.5, 0.6) is 5.75 Å². The zero-order valence-electron chi connectivity index (χ0n) is 10.3. The summed E-state index contributed by atoms with van der Waals surface area (Å²) in [6.45, 7) is 1.86. The third-order valence-corrected chi connectivity index (χ3v) is 3.00. The Morgan fingerprint density at radius 2 is 2.33 bits per heavy atom. The highest BCUT2D eigenvalue weighted by Gasteiger charge is 2.23. The van der Waals surface area contributed by atoms with Crippen LogP contribution in [0.25, 0.3) is 0 Å². The van der Waals surface area contributed by atoms with Gasteiger partial charge in [-0.1, -0.05) is 11.6 Å². The summed E-state index contributed by atoms with van der Waals surface area (Å²) in [6, 6.07) is 5.39. The van der Waals surface area contributed by atoms with Gasteiger partial charge in [0.2, 0.25) is 0 Å². The van der Waals surface area contributed by atoms with Gasteiger partial charge in [-0.2, -0.15) is 0 Å². The van der Waals surface area contributed by atoms with Crippen LogP contribution in [-0.4, -0.2) is 18.6 Å². The molecule has 0 bridgehead atoms. The number of carbonyl (C=O) groups excluding carboxylic acids is 1. The van der Waals surface area contributed by atoms with Crippen molar-refractivity contribution in [2.24, 2.45) is 5.73 Å². The van der Waals surface area contributed by atoms with Crippen LogP contribution in [0, 0.1) is 0 Å². The van der Waals surface area contributed by atoms with Crippen LogP contribution in [0.2, 0.25) is 5.02 Å². The van der Waals surface area contributed by atoms with Gasteiger partial charge in [0.05, 0.1) is 0 Å². The van der Waals surface area contributed by atoms with Crippen molar-refractivity contribution in [3.8, 4) is 5.75 Å². The summed E-state index contributed by atoms with van der Waals surface area (Å²) in [4.78, 5) is 11.5. The van der Waals surface area contributed by atoms with E-state index in [4.69, 9.17) is 22.1 Å². The average Bonchev–Trinajstić information content (AvgIpc) is 3.11. The predicted octanol–water partition coefficient (Wildman–Crippen LogP) is 2.02. The largest absolute Gasteiger partial charge is 0.483 e. The van der Waals surface area contributed by atoms with Gasteiger partial charge in [0.15, 0.2) is 6.61 Å². The van der Waals surface area contributed by atoms with E-state index in [0.29, 0.717) is 16.8 Å². The van der Waals surface area contributed by atoms with Crippen LogP contribution in [-0.2, 0) is 4.79 Å². The molecule has 0 radical (unpaired) electrons. The van der Waals surface area contributed by atoms with Crippen molar-refractivity contribution in [3.63, 3.8) is 0 Å². The molecule has 1 unspecified atom stereocenters. The summed E-state index contributed by atoms with van der Waals surface area (Å²) in [7, 11) is 0. The Balaban J connectivity index is 1.96. The number of hydrogen-bond acceptors (Lipinski definition) is 3. The lowest BCUT2D eigenvalue weighted by Gasteiger charge is -2.14. The number of halogens is 1. The van der Waals surface area contributed by atoms with E-state index in [1.165, 1.54) is 0 Å². The molecule has 2 rings (SSSR count). The number of rotatable bonds is 5. The highest BCUT2D eigenvalue weighted by molar-refractivity contribution is 6.30. The topological polar surface area (TPSA) is 64.3 Å². The van der Waals surface area contributed by atoms with Crippen LogP contribution in [0.15, 0.2) is 18.2 Å². The van der Waals surface area contributed by atoms with Crippen molar-refractivity contribution in [2.45, 2.75) is 31.8 Å². The Hall–Kier alpha value is -1.26. The minimum atomic E-state index is -0.190. The van der Waals surface area contributed by atoms with E-state index in [0.717, 1.165) is 18.4 Å². The van der Waals surface area contributed by atoms with E-state index in [-0.39, 0.29) is 18.6 Å². The van der Waals surface area contributed by atoms with Crippen LogP contribution in [0.1, 0.15) is 31.4 Å². The lowest BCUT2D eigenvalue weighted by Crippen LogP contribution is -2.30. The van der Waals surface area contributed by atoms with Crippen LogP contribution < -0.4 is 15.8 Å². The van der Waals surface area contributed by atoms with Gasteiger partial charge in [0, 0.05) is 22.7 Å². The van der Waals surface area contributed by atoms with Gasteiger partial charge in [-0.05, 0) is 38.0 Å². The molecular weight excluding hydrogens is 252 g/mol. The van der Waals surface area contributed by atoms with Gasteiger partial charge < -0.3 is 15.8 Å². The van der Waals surface area contributed by atoms with E-state index in [2.05, 4.69) is 5.32 Å². The monoisotopic (exact) mass is 268 g/mol. The zero-order chi connectivity index (χ0) is 13.1. The SMILES string of the molecule is CC(N)c1cc(Cl)ccc1OCC(=O)NC1CC1. The summed E-state index contributed by atoms with van der Waals surface area (Å²) >= 11 is 5.91. The zero-order valence-corrected chi connectivity index (χ0v) is 11.0. The number of hydrogen-bond donors (Lipinski definition) is 2. The number of amides is 1. The van der Waals surface area contributed by atoms with Gasteiger partial charge in [-0.3, -0.25) is 4.79 Å². The van der Waals surface area contributed by atoms with Gasteiger partial charge in [0.25, 0.3) is 5.91 Å². The van der Waals surface area contributed by atoms with E-state index in [9.17, 15) is 4.79 Å². The van der Waals surface area contributed by atoms with Crippen LogP contribution in [0.3, 0.4) is 0 Å². The molecule has 0 spiro atoms. The standard InChI is InChI=1S/C13H17ClN2O2/c1-8(15)11-6-9(14)2-5-12(11)18-7-13(17)16-10-3-4-10/h2,5-6,8,10H,3-4,7,15H2,1H3,(H,16,17). The van der Waals surface area contributed by atoms with Crippen molar-refractivity contribution in [1.82, 2.24) is 5.32 Å². The molecule has 1 aliphatic carbocycles. The molecule has 1 aromatic carbocycles. The molecular formula is C13H17ClN2O2. The second-order valence-corrected chi connectivity index (χ2v) is 5.04. The first-order valence-corrected chi connectivity index (χ1v) is 6.41. The molecule has 1 fully saturated rings. The summed E-state index contributed by atoms with van der Waals surface area (Å²) in [5, 5.41) is 3.47. The van der Waals surface area contributed by atoms with Crippen molar-refractivity contribution in [2.75, 3.05) is 6.61 Å². The molecule has 5 heteroatoms. The molecule has 98 valence electrons. The van der Waals surface area contributed by atoms with Crippen molar-refractivity contribution in [1.29, 1.82) is 0 Å². The van der Waals surface area contributed by atoms with E-state index in [1.54, 1.807) is 18.2 Å². The first-order chi connectivity index (χ1) is 8.56. The third kappa shape index (κ3) is 3.62. The lowest BCUT2D eigenvalue weighted by molar-refractivity contribution is -0.123. The number of carbonyl (C=O) groups is 1. The predicted molar refractivity (Wildman–Crippen MR) is 70.7 cm³/mol. The molecule has 1 amide bonds. The first kappa shape index (κ1) is 13.2. The van der Waals surface area contributed by atoms with Crippen molar-refractivity contribution < 1.29 is 9.53 Å². The Morgan fingerprint density at radius 3 is 2.94 bits per heavy atom. The molecule has 1 aliphatic rings. The minimum Gasteiger partial charge on any atom is -0.483 e. The molecule has 0 aliphatic heterocycles. The van der Waals surface area contributed by atoms with Crippen molar-refractivity contribution in [3.05, 3.63) is 28.8 Å². The summed E-state index contributed by atoms with van der Waals surface area (Å²) in [5.74, 6) is 0.517. The quantitative estimate of drug-likeness (QED) is 0.859. The average molecular weight is 269 g/mol. The molecule has 1 aromatic rings. The fraction of sp³-hybridized carbons (Fsp3) is 0.462. The van der Waals surface area contributed by atoms with Gasteiger partial charge in [-0.15, -0.1) is 0 Å². The van der Waals surface area contributed by atoms with Crippen molar-refractivity contribution >= 4 is 17.5 Å². The highest BCUT2D eigenvalue weighted by atomic mass is 35.5. The molecule has 18 heavy (non-hydrogen) atoms. The number of benzene rings is 1. The molecule has 0 heterocycles. The van der Waals surface area contributed by atoms with E-state index >= 15 is 0 Å². The summed E-state index contributed by atoms with van der Waals surface area (Å²) in [5.41, 5.74) is 6.65. The number of nitrogens with two attached hydrogens (primary N) is 1. The third-order valence-electron chi connectivity index (χ3n) is 2.76. The Morgan fingerprint density at radius 1 is 1.61 bits per heavy atom. The number of nitrogens with one attached hydrogen (secondary N) is 1. The Kier molecular flexibility index (Phi) is 4.09. The highest BCUT2D eigenvalue weighted by Crippen LogP contribution is 2.27. The fourth-order valence-electron chi connectivity index (χ4n) is 1.65. The second kappa shape index (κ2) is 5.59. The van der Waals surface area contributed by atoms with Gasteiger partial charge >= 0.3 is 0 Å². The lowest BCUT2D eigenvalue weighted by atomic mass is 10.1. The van der Waals surface area contributed by atoms with Gasteiger partial charge in [0.1, 0.15) is 5.75 Å². The molecule has 0 aromatic heterocycles. The van der Waals surface area contributed by atoms with E-state index < -0.39 is 0 Å². The summed E-state index contributed by atoms with van der Waals surface area (Å²) in [6.07, 6.45) is 2.13. The minimum absolute atomic E-state index is 0.0118. The molecule has 4 nitrogen and oxygen atoms in total. The normalized spacial score (nSPS) is 16.2. The molecule has 1 atom stereocenters. The van der Waals surface area contributed by atoms with Crippen LogP contribution >= 0.6 is 11.6 Å². The summed E-state index contributed by atoms with van der Waals surface area (Å²) < 4.78 is 5.49. The molecule has 0 saturated heterocycles. The van der Waals surface area contributed by atoms with Crippen LogP contribution in [0.4, 0.5) is 0 Å². The van der Waals surface area contributed by atoms with Gasteiger partial charge in [-0.25, -0.2) is 0 Å². The second-order valence-electron chi connectivity index (χ2n) is 4.60. The maximum absolute atomic E-state index is 11.5. The maximum atomic E-state index is 11.5. The molecule has 3 N–H and O–H groups in total. The van der Waals surface area contributed by atoms with E-state index in [1.807, 2.05) is 6.92 Å². The first-order valence-electron chi connectivity index (χ1n) is 6.03. The smallest absolute Gasteiger partial charge is 0.258 e. The Labute approximate surface area is 111 Å². The maximum Gasteiger partial charge on any atom is 0.258 e. The molecule has 1 saturated carbocycles.